The molecule has 0 fully saturated rings. The Morgan fingerprint density at radius 1 is 0.842 bits per heavy atom. The average molecular weight is 249 g/mol. The molecule has 0 unspecified atom stereocenters. The molecule has 0 saturated heterocycles. The summed E-state index contributed by atoms with van der Waals surface area (Å²) >= 11 is 0. The summed E-state index contributed by atoms with van der Waals surface area (Å²) in [7, 11) is 2.05. The fourth-order valence-electron chi connectivity index (χ4n) is 2.53. The van der Waals surface area contributed by atoms with Gasteiger partial charge in [-0.05, 0) is 34.7 Å². The number of hydrogen-bond donors (Lipinski definition) is 0. The van der Waals surface area contributed by atoms with E-state index in [1.807, 2.05) is 36.4 Å². The van der Waals surface area contributed by atoms with Gasteiger partial charge in [-0.1, -0.05) is 24.3 Å². The fourth-order valence-corrected chi connectivity index (χ4v) is 2.53. The second-order valence-corrected chi connectivity index (χ2v) is 4.48. The lowest BCUT2D eigenvalue weighted by molar-refractivity contribution is 0.792. The zero-order chi connectivity index (χ0) is 12.8. The van der Waals surface area contributed by atoms with Gasteiger partial charge >= 0.3 is 0 Å². The largest absolute Gasteiger partial charge is 0.342 e. The number of fused-ring (bicyclic) bond motifs is 5. The second kappa shape index (κ2) is 3.65. The van der Waals surface area contributed by atoms with Gasteiger partial charge in [0.2, 0.25) is 0 Å². The van der Waals surface area contributed by atoms with Crippen LogP contribution in [0.15, 0.2) is 48.5 Å². The lowest BCUT2D eigenvalue weighted by atomic mass is 10.1. The molecule has 2 heterocycles. The molecule has 1 aromatic heterocycles. The summed E-state index contributed by atoms with van der Waals surface area (Å²) in [5, 5.41) is 12.1. The summed E-state index contributed by atoms with van der Waals surface area (Å²) in [6.45, 7) is 0. The van der Waals surface area contributed by atoms with Gasteiger partial charge in [0.25, 0.3) is 0 Å². The molecule has 0 saturated carbocycles. The van der Waals surface area contributed by atoms with Crippen LogP contribution < -0.4 is 4.90 Å². The summed E-state index contributed by atoms with van der Waals surface area (Å²) in [6, 6.07) is 16.3. The molecular weight excluding hydrogens is 238 g/mol. The zero-order valence-corrected chi connectivity index (χ0v) is 10.4. The van der Waals surface area contributed by atoms with Crippen LogP contribution in [0, 0.1) is 0 Å². The van der Waals surface area contributed by atoms with Crippen LogP contribution in [0.1, 0.15) is 0 Å². The van der Waals surface area contributed by atoms with Crippen molar-refractivity contribution in [1.82, 2.24) is 20.2 Å². The zero-order valence-electron chi connectivity index (χ0n) is 10.4. The number of hydrogen-bond acceptors (Lipinski definition) is 4. The van der Waals surface area contributed by atoms with E-state index in [1.165, 1.54) is 0 Å². The molecule has 0 atom stereocenters. The van der Waals surface area contributed by atoms with Crippen LogP contribution >= 0.6 is 0 Å². The van der Waals surface area contributed by atoms with E-state index in [-0.39, 0.29) is 0 Å². The number of anilines is 2. The van der Waals surface area contributed by atoms with Gasteiger partial charge in [-0.25, -0.2) is 0 Å². The predicted octanol–water partition coefficient (Wildman–Crippen LogP) is 2.41. The minimum atomic E-state index is 0.771. The van der Waals surface area contributed by atoms with Crippen LogP contribution in [0.4, 0.5) is 11.4 Å². The van der Waals surface area contributed by atoms with Crippen molar-refractivity contribution in [1.29, 1.82) is 0 Å². The first-order valence-electron chi connectivity index (χ1n) is 6.07. The molecule has 19 heavy (non-hydrogen) atoms. The Morgan fingerprint density at radius 3 is 2.37 bits per heavy atom. The highest BCUT2D eigenvalue weighted by atomic mass is 15.5. The Bertz CT molecular complexity index is 700. The van der Waals surface area contributed by atoms with Gasteiger partial charge in [0, 0.05) is 12.6 Å². The number of tetrazole rings is 1. The molecule has 2 aromatic carbocycles. The fraction of sp³-hybridized carbons (Fsp3) is 0.0714. The normalized spacial score (nSPS) is 12.4. The van der Waals surface area contributed by atoms with Crippen LogP contribution in [0.25, 0.3) is 17.1 Å². The van der Waals surface area contributed by atoms with E-state index in [2.05, 4.69) is 39.6 Å². The Balaban J connectivity index is 2.15. The van der Waals surface area contributed by atoms with Crippen LogP contribution in [0.5, 0.6) is 0 Å². The predicted molar refractivity (Wildman–Crippen MR) is 72.7 cm³/mol. The average Bonchev–Trinajstić information content (AvgIpc) is 2.92. The number of nitrogens with zero attached hydrogens (tertiary/aromatic N) is 5. The standard InChI is InChI=1S/C14H11N5/c1-18-11-7-3-2-6-10(11)14-15-16-17-19(14)13-9-5-4-8-12(13)18/h2-9H,1H3. The van der Waals surface area contributed by atoms with E-state index in [9.17, 15) is 0 Å². The molecule has 5 nitrogen and oxygen atoms in total. The summed E-state index contributed by atoms with van der Waals surface area (Å²) < 4.78 is 1.79. The van der Waals surface area contributed by atoms with Crippen molar-refractivity contribution in [3.8, 4) is 17.1 Å². The molecule has 0 N–H and O–H groups in total. The van der Waals surface area contributed by atoms with Gasteiger partial charge < -0.3 is 4.90 Å². The number of aromatic nitrogens is 4. The van der Waals surface area contributed by atoms with Gasteiger partial charge in [-0.3, -0.25) is 0 Å². The Kier molecular flexibility index (Phi) is 1.97. The van der Waals surface area contributed by atoms with E-state index >= 15 is 0 Å². The molecule has 92 valence electrons. The number of benzene rings is 2. The van der Waals surface area contributed by atoms with E-state index < -0.39 is 0 Å². The van der Waals surface area contributed by atoms with Crippen molar-refractivity contribution in [3.05, 3.63) is 48.5 Å². The van der Waals surface area contributed by atoms with Crippen LogP contribution in [0.2, 0.25) is 0 Å². The van der Waals surface area contributed by atoms with Gasteiger partial charge in [0.1, 0.15) is 0 Å². The molecule has 0 radical (unpaired) electrons. The maximum absolute atomic E-state index is 4.17. The monoisotopic (exact) mass is 249 g/mol. The lowest BCUT2D eigenvalue weighted by Gasteiger charge is -2.20. The molecule has 1 aliphatic rings. The van der Waals surface area contributed by atoms with Crippen LogP contribution in [-0.2, 0) is 0 Å². The second-order valence-electron chi connectivity index (χ2n) is 4.48. The van der Waals surface area contributed by atoms with Crippen molar-refractivity contribution >= 4 is 11.4 Å². The number of para-hydroxylation sites is 3. The molecule has 1 aliphatic heterocycles. The van der Waals surface area contributed by atoms with Gasteiger partial charge in [0.15, 0.2) is 5.82 Å². The van der Waals surface area contributed by atoms with Crippen LogP contribution in [0.3, 0.4) is 0 Å². The lowest BCUT2D eigenvalue weighted by Crippen LogP contribution is -2.11. The van der Waals surface area contributed by atoms with Gasteiger partial charge in [0.05, 0.1) is 17.1 Å². The van der Waals surface area contributed by atoms with E-state index in [0.29, 0.717) is 0 Å². The Labute approximate surface area is 110 Å². The Morgan fingerprint density at radius 2 is 1.53 bits per heavy atom. The van der Waals surface area contributed by atoms with E-state index in [0.717, 1.165) is 28.5 Å². The summed E-state index contributed by atoms with van der Waals surface area (Å²) in [5.74, 6) is 0.771. The SMILES string of the molecule is CN1c2ccccc2-c2nnnn2-c2ccccc21. The summed E-state index contributed by atoms with van der Waals surface area (Å²) in [4.78, 5) is 2.15. The molecule has 0 spiro atoms. The molecular formula is C14H11N5. The van der Waals surface area contributed by atoms with Gasteiger partial charge in [-0.15, -0.1) is 5.10 Å². The first kappa shape index (κ1) is 10.3. The van der Waals surface area contributed by atoms with Crippen molar-refractivity contribution in [3.63, 3.8) is 0 Å². The highest BCUT2D eigenvalue weighted by molar-refractivity contribution is 5.85. The minimum absolute atomic E-state index is 0.771. The van der Waals surface area contributed by atoms with Gasteiger partial charge in [-0.2, -0.15) is 4.68 Å². The molecule has 0 aliphatic carbocycles. The summed E-state index contributed by atoms with van der Waals surface area (Å²) in [5.41, 5.74) is 4.21. The third-order valence-corrected chi connectivity index (χ3v) is 3.45. The van der Waals surface area contributed by atoms with E-state index in [4.69, 9.17) is 0 Å². The number of rotatable bonds is 0. The highest BCUT2D eigenvalue weighted by Crippen LogP contribution is 2.39. The Hall–Kier alpha value is -2.69. The van der Waals surface area contributed by atoms with Crippen molar-refractivity contribution in [2.45, 2.75) is 0 Å². The van der Waals surface area contributed by atoms with Crippen molar-refractivity contribution in [2.24, 2.45) is 0 Å². The van der Waals surface area contributed by atoms with Crippen molar-refractivity contribution < 1.29 is 0 Å². The summed E-state index contributed by atoms with van der Waals surface area (Å²) in [6.07, 6.45) is 0. The smallest absolute Gasteiger partial charge is 0.189 e. The van der Waals surface area contributed by atoms with E-state index in [1.54, 1.807) is 4.68 Å². The first-order chi connectivity index (χ1) is 9.36. The maximum Gasteiger partial charge on any atom is 0.189 e. The molecule has 4 rings (SSSR count). The molecule has 0 amide bonds. The maximum atomic E-state index is 4.17. The third-order valence-electron chi connectivity index (χ3n) is 3.45. The minimum Gasteiger partial charge on any atom is -0.342 e. The topological polar surface area (TPSA) is 46.8 Å². The van der Waals surface area contributed by atoms with Crippen molar-refractivity contribution in [2.75, 3.05) is 11.9 Å². The molecule has 5 heteroatoms. The highest BCUT2D eigenvalue weighted by Gasteiger charge is 2.23. The molecule has 0 bridgehead atoms. The first-order valence-corrected chi connectivity index (χ1v) is 6.07. The van der Waals surface area contributed by atoms with Crippen LogP contribution in [-0.4, -0.2) is 27.3 Å². The quantitative estimate of drug-likeness (QED) is 0.614. The third kappa shape index (κ3) is 1.32. The molecule has 3 aromatic rings.